The number of ether oxygens (including phenoxy) is 1. The molecule has 0 spiro atoms. The monoisotopic (exact) mass is 480 g/mol. The molecule has 2 N–H and O–H groups in total. The van der Waals surface area contributed by atoms with E-state index in [-0.39, 0.29) is 17.5 Å². The Balaban J connectivity index is 1.27. The van der Waals surface area contributed by atoms with E-state index in [9.17, 15) is 9.59 Å². The number of fused-ring (bicyclic) bond motifs is 1. The highest BCUT2D eigenvalue weighted by Gasteiger charge is 2.20. The second kappa shape index (κ2) is 10.5. The van der Waals surface area contributed by atoms with Gasteiger partial charge in [0.05, 0.1) is 5.69 Å². The molecule has 0 radical (unpaired) electrons. The molecule has 0 unspecified atom stereocenters. The summed E-state index contributed by atoms with van der Waals surface area (Å²) in [5, 5.41) is 10.0. The molecule has 1 aliphatic carbocycles. The smallest absolute Gasteiger partial charge is 0.278 e. The lowest BCUT2D eigenvalue weighted by atomic mass is 10.1. The quantitative estimate of drug-likeness (QED) is 0.350. The van der Waals surface area contributed by atoms with Gasteiger partial charge in [-0.2, -0.15) is 5.10 Å². The molecule has 0 atom stereocenters. The lowest BCUT2D eigenvalue weighted by Crippen LogP contribution is -2.18. The summed E-state index contributed by atoms with van der Waals surface area (Å²) >= 11 is 0. The molecular formula is C29H28N4O3. The number of nitrogens with zero attached hydrogens (tertiary/aromatic N) is 2. The Morgan fingerprint density at radius 1 is 0.917 bits per heavy atom. The van der Waals surface area contributed by atoms with Gasteiger partial charge in [-0.05, 0) is 79.3 Å². The lowest BCUT2D eigenvalue weighted by molar-refractivity contribution is 0.102. The van der Waals surface area contributed by atoms with Crippen LogP contribution in [0, 0.1) is 0 Å². The van der Waals surface area contributed by atoms with Crippen molar-refractivity contribution in [2.24, 2.45) is 0 Å². The maximum atomic E-state index is 13.1. The maximum Gasteiger partial charge on any atom is 0.278 e. The van der Waals surface area contributed by atoms with Crippen LogP contribution >= 0.6 is 0 Å². The Bertz CT molecular complexity index is 1390. The molecule has 1 aliphatic rings. The number of rotatable bonds is 8. The fourth-order valence-electron chi connectivity index (χ4n) is 4.36. The van der Waals surface area contributed by atoms with Crippen LogP contribution in [0.25, 0.3) is 0 Å². The van der Waals surface area contributed by atoms with Crippen LogP contribution in [0.5, 0.6) is 5.75 Å². The summed E-state index contributed by atoms with van der Waals surface area (Å²) in [5.74, 6) is 0.130. The number of hydrogen-bond acceptors (Lipinski definition) is 4. The molecule has 0 saturated carbocycles. The maximum absolute atomic E-state index is 13.1. The number of para-hydroxylation sites is 1. The third kappa shape index (κ3) is 5.30. The molecule has 3 aromatic carbocycles. The van der Waals surface area contributed by atoms with Gasteiger partial charge in [0.15, 0.2) is 5.69 Å². The summed E-state index contributed by atoms with van der Waals surface area (Å²) < 4.78 is 7.62. The first kappa shape index (κ1) is 23.4. The number of carbonyl (C=O) groups is 2. The van der Waals surface area contributed by atoms with Crippen LogP contribution in [0.15, 0.2) is 79.0 Å². The van der Waals surface area contributed by atoms with E-state index in [1.165, 1.54) is 17.5 Å². The highest BCUT2D eigenvalue weighted by Crippen LogP contribution is 2.26. The third-order valence-electron chi connectivity index (χ3n) is 6.25. The molecule has 5 rings (SSSR count). The van der Waals surface area contributed by atoms with Gasteiger partial charge in [-0.1, -0.05) is 36.4 Å². The standard InChI is InChI=1S/C29H28N4O3/c1-2-33-18-26(27(32-33)29(35)30-24-12-4-3-5-13-24)31-28(34)23-11-6-8-20(16-23)19-36-25-15-14-21-9-7-10-22(21)17-25/h3-6,8,11-18H,2,7,9-10,19H2,1H3,(H,30,35)(H,31,34). The van der Waals surface area contributed by atoms with Crippen LogP contribution in [0.2, 0.25) is 0 Å². The van der Waals surface area contributed by atoms with Crippen LogP contribution < -0.4 is 15.4 Å². The van der Waals surface area contributed by atoms with Crippen LogP contribution in [-0.4, -0.2) is 21.6 Å². The average Bonchev–Trinajstić information content (AvgIpc) is 3.55. The van der Waals surface area contributed by atoms with E-state index in [4.69, 9.17) is 4.74 Å². The average molecular weight is 481 g/mol. The molecule has 0 aliphatic heterocycles. The zero-order valence-corrected chi connectivity index (χ0v) is 20.2. The molecule has 4 aromatic rings. The Labute approximate surface area is 210 Å². The molecule has 0 fully saturated rings. The second-order valence-electron chi connectivity index (χ2n) is 8.79. The van der Waals surface area contributed by atoms with Crippen molar-refractivity contribution in [2.75, 3.05) is 10.6 Å². The van der Waals surface area contributed by atoms with Crippen LogP contribution in [0.4, 0.5) is 11.4 Å². The van der Waals surface area contributed by atoms with E-state index in [1.54, 1.807) is 35.1 Å². The van der Waals surface area contributed by atoms with Crippen molar-refractivity contribution in [3.05, 3.63) is 107 Å². The van der Waals surface area contributed by atoms with Crippen molar-refractivity contribution < 1.29 is 14.3 Å². The Kier molecular flexibility index (Phi) is 6.80. The van der Waals surface area contributed by atoms with Crippen molar-refractivity contribution in [3.8, 4) is 5.75 Å². The van der Waals surface area contributed by atoms with Gasteiger partial charge in [0, 0.05) is 24.0 Å². The SMILES string of the molecule is CCn1cc(NC(=O)c2cccc(COc3ccc4c(c3)CCC4)c2)c(C(=O)Nc2ccccc2)n1. The molecule has 0 bridgehead atoms. The molecular weight excluding hydrogens is 452 g/mol. The van der Waals surface area contributed by atoms with E-state index in [0.29, 0.717) is 30.1 Å². The molecule has 2 amide bonds. The minimum absolute atomic E-state index is 0.158. The van der Waals surface area contributed by atoms with Crippen LogP contribution in [0.1, 0.15) is 50.9 Å². The summed E-state index contributed by atoms with van der Waals surface area (Å²) in [5.41, 5.74) is 5.30. The van der Waals surface area contributed by atoms with Crippen LogP contribution in [0.3, 0.4) is 0 Å². The van der Waals surface area contributed by atoms with Gasteiger partial charge >= 0.3 is 0 Å². The molecule has 182 valence electrons. The molecule has 1 aromatic heterocycles. The van der Waals surface area contributed by atoms with E-state index in [0.717, 1.165) is 24.2 Å². The number of amides is 2. The minimum atomic E-state index is -0.389. The van der Waals surface area contributed by atoms with Gasteiger partial charge in [0.1, 0.15) is 12.4 Å². The summed E-state index contributed by atoms with van der Waals surface area (Å²) in [7, 11) is 0. The highest BCUT2D eigenvalue weighted by atomic mass is 16.5. The number of aryl methyl sites for hydroxylation is 3. The summed E-state index contributed by atoms with van der Waals surface area (Å²) in [6, 6.07) is 22.7. The van der Waals surface area contributed by atoms with Crippen LogP contribution in [-0.2, 0) is 26.0 Å². The number of nitrogens with one attached hydrogen (secondary N) is 2. The van der Waals surface area contributed by atoms with Crippen molar-refractivity contribution >= 4 is 23.2 Å². The summed E-state index contributed by atoms with van der Waals surface area (Å²) in [4.78, 5) is 26.0. The van der Waals surface area contributed by atoms with Gasteiger partial charge < -0.3 is 15.4 Å². The zero-order chi connectivity index (χ0) is 24.9. The van der Waals surface area contributed by atoms with Gasteiger partial charge in [0.25, 0.3) is 11.8 Å². The fraction of sp³-hybridized carbons (Fsp3) is 0.207. The zero-order valence-electron chi connectivity index (χ0n) is 20.2. The van der Waals surface area contributed by atoms with Gasteiger partial charge in [-0.3, -0.25) is 14.3 Å². The third-order valence-corrected chi connectivity index (χ3v) is 6.25. The Morgan fingerprint density at radius 2 is 1.75 bits per heavy atom. The largest absolute Gasteiger partial charge is 0.489 e. The van der Waals surface area contributed by atoms with Gasteiger partial charge in [0.2, 0.25) is 0 Å². The normalized spacial score (nSPS) is 12.1. The number of aromatic nitrogens is 2. The topological polar surface area (TPSA) is 85.2 Å². The minimum Gasteiger partial charge on any atom is -0.489 e. The number of hydrogen-bond donors (Lipinski definition) is 2. The van der Waals surface area contributed by atoms with E-state index < -0.39 is 0 Å². The first-order valence-electron chi connectivity index (χ1n) is 12.2. The van der Waals surface area contributed by atoms with Gasteiger partial charge in [-0.25, -0.2) is 0 Å². The van der Waals surface area contributed by atoms with Crippen molar-refractivity contribution in [2.45, 2.75) is 39.3 Å². The van der Waals surface area contributed by atoms with Crippen molar-refractivity contribution in [1.29, 1.82) is 0 Å². The molecule has 7 nitrogen and oxygen atoms in total. The first-order valence-corrected chi connectivity index (χ1v) is 12.2. The number of benzene rings is 3. The molecule has 0 saturated heterocycles. The lowest BCUT2D eigenvalue weighted by Gasteiger charge is -2.10. The summed E-state index contributed by atoms with van der Waals surface area (Å²) in [6.07, 6.45) is 5.10. The second-order valence-corrected chi connectivity index (χ2v) is 8.79. The van der Waals surface area contributed by atoms with Crippen molar-refractivity contribution in [3.63, 3.8) is 0 Å². The van der Waals surface area contributed by atoms with E-state index in [2.05, 4.69) is 27.9 Å². The fourth-order valence-corrected chi connectivity index (χ4v) is 4.36. The number of anilines is 2. The Hall–Kier alpha value is -4.39. The van der Waals surface area contributed by atoms with E-state index >= 15 is 0 Å². The highest BCUT2D eigenvalue weighted by molar-refractivity contribution is 6.11. The van der Waals surface area contributed by atoms with Gasteiger partial charge in [-0.15, -0.1) is 0 Å². The predicted molar refractivity (Wildman–Crippen MR) is 139 cm³/mol. The predicted octanol–water partition coefficient (Wildman–Crippen LogP) is 5.48. The first-order chi connectivity index (χ1) is 17.6. The molecule has 1 heterocycles. The van der Waals surface area contributed by atoms with E-state index in [1.807, 2.05) is 43.3 Å². The molecule has 36 heavy (non-hydrogen) atoms. The Morgan fingerprint density at radius 3 is 2.58 bits per heavy atom. The number of carbonyl (C=O) groups excluding carboxylic acids is 2. The van der Waals surface area contributed by atoms with Crippen molar-refractivity contribution in [1.82, 2.24) is 9.78 Å². The molecule has 7 heteroatoms. The summed E-state index contributed by atoms with van der Waals surface area (Å²) in [6.45, 7) is 2.84.